The Morgan fingerprint density at radius 2 is 1.79 bits per heavy atom. The maximum Gasteiger partial charge on any atom is 0.342 e. The Morgan fingerprint density at radius 1 is 1.06 bits per heavy atom. The van der Waals surface area contributed by atoms with Crippen molar-refractivity contribution in [3.63, 3.8) is 0 Å². The average molecular weight is 445 g/mol. The highest BCUT2D eigenvalue weighted by atomic mass is 19.1. The minimum atomic E-state index is -0.773. The van der Waals surface area contributed by atoms with E-state index in [0.29, 0.717) is 28.0 Å². The van der Waals surface area contributed by atoms with Crippen molar-refractivity contribution < 1.29 is 18.3 Å². The fraction of sp³-hybridized carbons (Fsp3) is 0.185. The molecule has 1 unspecified atom stereocenters. The van der Waals surface area contributed by atoms with Gasteiger partial charge in [-0.1, -0.05) is 42.5 Å². The zero-order valence-electron chi connectivity index (χ0n) is 18.9. The molecule has 0 radical (unpaired) electrons. The van der Waals surface area contributed by atoms with E-state index in [2.05, 4.69) is 5.32 Å². The number of anilines is 1. The van der Waals surface area contributed by atoms with Crippen LogP contribution in [0.15, 0.2) is 69.9 Å². The number of halogens is 1. The fourth-order valence-corrected chi connectivity index (χ4v) is 4.02. The molecule has 1 aromatic heterocycles. The summed E-state index contributed by atoms with van der Waals surface area (Å²) in [7, 11) is 1.21. The van der Waals surface area contributed by atoms with Gasteiger partial charge in [-0.15, -0.1) is 0 Å². The number of carbonyl (C=O) groups is 1. The molecule has 1 atom stereocenters. The summed E-state index contributed by atoms with van der Waals surface area (Å²) in [6.45, 7) is 5.52. The fourth-order valence-electron chi connectivity index (χ4n) is 4.02. The molecular weight excluding hydrogens is 421 g/mol. The number of methoxy groups -OCH3 is 1. The van der Waals surface area contributed by atoms with Crippen molar-refractivity contribution in [1.82, 2.24) is 0 Å². The van der Waals surface area contributed by atoms with Crippen LogP contribution < -0.4 is 10.7 Å². The zero-order chi connectivity index (χ0) is 23.7. The maximum absolute atomic E-state index is 14.4. The number of aryl methyl sites for hydroxylation is 1. The molecule has 1 heterocycles. The quantitative estimate of drug-likeness (QED) is 0.372. The molecule has 168 valence electrons. The molecule has 0 fully saturated rings. The monoisotopic (exact) mass is 445 g/mol. The Bertz CT molecular complexity index is 1410. The number of ether oxygens (including phenoxy) is 1. The summed E-state index contributed by atoms with van der Waals surface area (Å²) in [5.74, 6) is -0.946. The summed E-state index contributed by atoms with van der Waals surface area (Å²) in [6, 6.07) is 17.1. The Balaban J connectivity index is 1.88. The van der Waals surface area contributed by atoms with Crippen LogP contribution in [0.25, 0.3) is 22.3 Å². The van der Waals surface area contributed by atoms with E-state index in [-0.39, 0.29) is 11.0 Å². The lowest BCUT2D eigenvalue weighted by molar-refractivity contribution is 0.0596. The maximum atomic E-state index is 14.4. The second kappa shape index (κ2) is 8.90. The summed E-state index contributed by atoms with van der Waals surface area (Å²) in [6.07, 6.45) is 0. The lowest BCUT2D eigenvalue weighted by Crippen LogP contribution is -2.15. The smallest absolute Gasteiger partial charge is 0.342 e. The lowest BCUT2D eigenvalue weighted by Gasteiger charge is -2.20. The first-order valence-corrected chi connectivity index (χ1v) is 10.6. The van der Waals surface area contributed by atoms with Crippen molar-refractivity contribution in [2.24, 2.45) is 0 Å². The highest BCUT2D eigenvalue weighted by Gasteiger charge is 2.22. The molecule has 0 aliphatic rings. The summed E-state index contributed by atoms with van der Waals surface area (Å²) < 4.78 is 25.5. The van der Waals surface area contributed by atoms with E-state index in [1.54, 1.807) is 19.1 Å². The second-order valence-corrected chi connectivity index (χ2v) is 8.00. The van der Waals surface area contributed by atoms with E-state index in [0.717, 1.165) is 16.7 Å². The van der Waals surface area contributed by atoms with E-state index < -0.39 is 17.8 Å². The zero-order valence-corrected chi connectivity index (χ0v) is 18.9. The van der Waals surface area contributed by atoms with Gasteiger partial charge < -0.3 is 14.5 Å². The molecule has 0 bridgehead atoms. The second-order valence-electron chi connectivity index (χ2n) is 8.00. The van der Waals surface area contributed by atoms with Crippen LogP contribution in [-0.4, -0.2) is 13.1 Å². The highest BCUT2D eigenvalue weighted by molar-refractivity contribution is 5.96. The van der Waals surface area contributed by atoms with Gasteiger partial charge in [0.2, 0.25) is 0 Å². The molecule has 3 aromatic carbocycles. The molecule has 4 aromatic rings. The molecule has 0 saturated carbocycles. The van der Waals surface area contributed by atoms with Gasteiger partial charge in [-0.25, -0.2) is 9.18 Å². The SMILES string of the molecule is COC(=O)c1c(F)cccc1NC(C)c1cc(C)cc2c(=O)c(C)c(-c3ccccc3)oc12. The number of fused-ring (bicyclic) bond motifs is 1. The normalized spacial score (nSPS) is 11.9. The van der Waals surface area contributed by atoms with Crippen LogP contribution >= 0.6 is 0 Å². The summed E-state index contributed by atoms with van der Waals surface area (Å²) in [4.78, 5) is 25.4. The minimum absolute atomic E-state index is 0.103. The molecule has 33 heavy (non-hydrogen) atoms. The predicted octanol–water partition coefficient (Wildman–Crippen LogP) is 6.18. The molecule has 0 aliphatic carbocycles. The first kappa shape index (κ1) is 22.3. The minimum Gasteiger partial charge on any atom is -0.465 e. The van der Waals surface area contributed by atoms with E-state index in [4.69, 9.17) is 9.15 Å². The Kier molecular flexibility index (Phi) is 6.01. The third kappa shape index (κ3) is 4.12. The van der Waals surface area contributed by atoms with Crippen LogP contribution in [-0.2, 0) is 4.74 Å². The van der Waals surface area contributed by atoms with Crippen LogP contribution in [0.1, 0.15) is 40.0 Å². The van der Waals surface area contributed by atoms with Gasteiger partial charge in [0.15, 0.2) is 5.43 Å². The summed E-state index contributed by atoms with van der Waals surface area (Å²) in [5.41, 5.74) is 3.41. The van der Waals surface area contributed by atoms with Gasteiger partial charge >= 0.3 is 5.97 Å². The van der Waals surface area contributed by atoms with Crippen molar-refractivity contribution in [1.29, 1.82) is 0 Å². The molecule has 0 amide bonds. The van der Waals surface area contributed by atoms with E-state index in [9.17, 15) is 14.0 Å². The Labute approximate surface area is 190 Å². The molecule has 0 saturated heterocycles. The van der Waals surface area contributed by atoms with Gasteiger partial charge in [0.1, 0.15) is 22.7 Å². The van der Waals surface area contributed by atoms with Crippen LogP contribution in [0.4, 0.5) is 10.1 Å². The topological polar surface area (TPSA) is 68.5 Å². The molecule has 6 heteroatoms. The van der Waals surface area contributed by atoms with Crippen LogP contribution in [0.3, 0.4) is 0 Å². The number of benzene rings is 3. The van der Waals surface area contributed by atoms with Gasteiger partial charge in [0.25, 0.3) is 0 Å². The van der Waals surface area contributed by atoms with Crippen LogP contribution in [0.2, 0.25) is 0 Å². The van der Waals surface area contributed by atoms with Gasteiger partial charge in [-0.2, -0.15) is 0 Å². The molecule has 0 spiro atoms. The van der Waals surface area contributed by atoms with E-state index >= 15 is 0 Å². The largest absolute Gasteiger partial charge is 0.465 e. The average Bonchev–Trinajstić information content (AvgIpc) is 2.81. The van der Waals surface area contributed by atoms with Gasteiger partial charge in [0, 0.05) is 16.7 Å². The standard InChI is InChI=1S/C27H24FNO4/c1-15-13-19(17(3)29-22-12-8-11-21(28)23(22)27(31)32-4)26-20(14-15)24(30)16(2)25(33-26)18-9-6-5-7-10-18/h5-14,17,29H,1-4H3. The molecule has 5 nitrogen and oxygen atoms in total. The van der Waals surface area contributed by atoms with Crippen molar-refractivity contribution >= 4 is 22.6 Å². The van der Waals surface area contributed by atoms with Crippen molar-refractivity contribution in [2.45, 2.75) is 26.8 Å². The van der Waals surface area contributed by atoms with Gasteiger partial charge in [-0.3, -0.25) is 4.79 Å². The van der Waals surface area contributed by atoms with E-state index in [1.165, 1.54) is 19.2 Å². The number of carbonyl (C=O) groups excluding carboxylic acids is 1. The molecule has 4 rings (SSSR count). The van der Waals surface area contributed by atoms with Crippen LogP contribution in [0.5, 0.6) is 0 Å². The molecule has 0 aliphatic heterocycles. The third-order valence-electron chi connectivity index (χ3n) is 5.67. The summed E-state index contributed by atoms with van der Waals surface area (Å²) >= 11 is 0. The van der Waals surface area contributed by atoms with Gasteiger partial charge in [-0.05, 0) is 44.5 Å². The van der Waals surface area contributed by atoms with Gasteiger partial charge in [0.05, 0.1) is 24.2 Å². The number of nitrogens with one attached hydrogen (secondary N) is 1. The van der Waals surface area contributed by atoms with Crippen LogP contribution in [0, 0.1) is 19.7 Å². The lowest BCUT2D eigenvalue weighted by atomic mass is 9.98. The molecular formula is C27H24FNO4. The van der Waals surface area contributed by atoms with Crippen molar-refractivity contribution in [2.75, 3.05) is 12.4 Å². The molecule has 1 N–H and O–H groups in total. The summed E-state index contributed by atoms with van der Waals surface area (Å²) in [5, 5.41) is 3.67. The third-order valence-corrected chi connectivity index (χ3v) is 5.67. The van der Waals surface area contributed by atoms with Crippen molar-refractivity contribution in [3.05, 3.63) is 99.0 Å². The number of hydrogen-bond donors (Lipinski definition) is 1. The Morgan fingerprint density at radius 3 is 2.48 bits per heavy atom. The number of rotatable bonds is 5. The first-order chi connectivity index (χ1) is 15.8. The van der Waals surface area contributed by atoms with Crippen molar-refractivity contribution in [3.8, 4) is 11.3 Å². The predicted molar refractivity (Wildman–Crippen MR) is 127 cm³/mol. The highest BCUT2D eigenvalue weighted by Crippen LogP contribution is 2.33. The Hall–Kier alpha value is -3.93. The first-order valence-electron chi connectivity index (χ1n) is 10.6. The number of esters is 1. The number of hydrogen-bond acceptors (Lipinski definition) is 5. The van der Waals surface area contributed by atoms with E-state index in [1.807, 2.05) is 50.2 Å².